The summed E-state index contributed by atoms with van der Waals surface area (Å²) in [6.07, 6.45) is 1.34. The molecule has 0 bridgehead atoms. The average molecular weight is 499 g/mol. The summed E-state index contributed by atoms with van der Waals surface area (Å²) in [5.74, 6) is 0.0390. The number of rotatable bonds is 7. The number of fused-ring (bicyclic) bond motifs is 1. The van der Waals surface area contributed by atoms with E-state index >= 15 is 0 Å². The van der Waals surface area contributed by atoms with Crippen LogP contribution in [0.2, 0.25) is 18.1 Å². The number of imidazole rings is 1. The Morgan fingerprint density at radius 3 is 2.51 bits per heavy atom. The monoisotopic (exact) mass is 498 g/mol. The number of aromatic nitrogens is 4. The topological polar surface area (TPSA) is 126 Å². The van der Waals surface area contributed by atoms with E-state index in [4.69, 9.17) is 19.6 Å². The van der Waals surface area contributed by atoms with Crippen LogP contribution in [0.25, 0.3) is 11.2 Å². The molecule has 35 heavy (non-hydrogen) atoms. The zero-order valence-corrected chi connectivity index (χ0v) is 22.1. The SMILES string of the molecule is CO[C@H]1C(O[Si](C)(C)C(C)(C)C)[C@@H](CN)O[C@H]1n1cnc2c(NC(=O)c3ccccc3)ncnc21. The van der Waals surface area contributed by atoms with Crippen LogP contribution in [0, 0.1) is 0 Å². The van der Waals surface area contributed by atoms with E-state index in [1.165, 1.54) is 6.33 Å². The first-order valence-electron chi connectivity index (χ1n) is 11.7. The Morgan fingerprint density at radius 2 is 1.89 bits per heavy atom. The van der Waals surface area contributed by atoms with E-state index < -0.39 is 20.6 Å². The van der Waals surface area contributed by atoms with Gasteiger partial charge in [0.05, 0.1) is 6.33 Å². The summed E-state index contributed by atoms with van der Waals surface area (Å²) in [4.78, 5) is 25.8. The minimum atomic E-state index is -2.13. The molecular weight excluding hydrogens is 464 g/mol. The van der Waals surface area contributed by atoms with Gasteiger partial charge in [-0.1, -0.05) is 39.0 Å². The lowest BCUT2D eigenvalue weighted by molar-refractivity contribution is -0.0477. The van der Waals surface area contributed by atoms with E-state index in [2.05, 4.69) is 54.1 Å². The van der Waals surface area contributed by atoms with Crippen molar-refractivity contribution in [2.75, 3.05) is 19.0 Å². The van der Waals surface area contributed by atoms with Gasteiger partial charge in [0.25, 0.3) is 5.91 Å². The summed E-state index contributed by atoms with van der Waals surface area (Å²) in [5, 5.41) is 2.85. The Kier molecular flexibility index (Phi) is 7.07. The van der Waals surface area contributed by atoms with Crippen molar-refractivity contribution >= 4 is 31.2 Å². The fourth-order valence-corrected chi connectivity index (χ4v) is 5.25. The molecule has 0 aliphatic carbocycles. The molecular formula is C24H34N6O4Si. The number of ether oxygens (including phenoxy) is 2. The Morgan fingerprint density at radius 1 is 1.17 bits per heavy atom. The average Bonchev–Trinajstić information content (AvgIpc) is 3.40. The van der Waals surface area contributed by atoms with Crippen LogP contribution >= 0.6 is 0 Å². The fourth-order valence-electron chi connectivity index (χ4n) is 3.93. The Hall–Kier alpha value is -2.70. The molecule has 1 saturated heterocycles. The lowest BCUT2D eigenvalue weighted by Crippen LogP contribution is -2.50. The predicted octanol–water partition coefficient (Wildman–Crippen LogP) is 3.34. The molecule has 4 atom stereocenters. The fraction of sp³-hybridized carbons (Fsp3) is 0.500. The maximum Gasteiger partial charge on any atom is 0.256 e. The van der Waals surface area contributed by atoms with Gasteiger partial charge < -0.3 is 25.0 Å². The highest BCUT2D eigenvalue weighted by Crippen LogP contribution is 2.42. The normalized spacial score (nSPS) is 23.1. The molecule has 0 saturated carbocycles. The van der Waals surface area contributed by atoms with Crippen molar-refractivity contribution in [1.29, 1.82) is 0 Å². The van der Waals surface area contributed by atoms with Crippen molar-refractivity contribution in [3.8, 4) is 0 Å². The minimum absolute atomic E-state index is 0.0172. The number of hydrogen-bond acceptors (Lipinski definition) is 8. The second kappa shape index (κ2) is 9.74. The molecule has 1 unspecified atom stereocenters. The third-order valence-electron chi connectivity index (χ3n) is 6.93. The second-order valence-electron chi connectivity index (χ2n) is 10.2. The van der Waals surface area contributed by atoms with Gasteiger partial charge in [0, 0.05) is 19.2 Å². The first kappa shape index (κ1) is 25.4. The molecule has 11 heteroatoms. The summed E-state index contributed by atoms with van der Waals surface area (Å²) in [7, 11) is -0.487. The molecule has 0 radical (unpaired) electrons. The summed E-state index contributed by atoms with van der Waals surface area (Å²) >= 11 is 0. The van der Waals surface area contributed by atoms with Crippen LogP contribution in [-0.2, 0) is 13.9 Å². The third kappa shape index (κ3) is 4.87. The van der Waals surface area contributed by atoms with Crippen LogP contribution < -0.4 is 11.1 Å². The lowest BCUT2D eigenvalue weighted by Gasteiger charge is -2.40. The van der Waals surface area contributed by atoms with Crippen LogP contribution in [-0.4, -0.2) is 65.7 Å². The van der Waals surface area contributed by atoms with Gasteiger partial charge in [-0.05, 0) is 30.3 Å². The maximum atomic E-state index is 12.7. The zero-order chi connectivity index (χ0) is 25.4. The predicted molar refractivity (Wildman–Crippen MR) is 136 cm³/mol. The first-order chi connectivity index (χ1) is 16.6. The van der Waals surface area contributed by atoms with E-state index in [0.29, 0.717) is 22.5 Å². The quantitative estimate of drug-likeness (QED) is 0.475. The molecule has 10 nitrogen and oxygen atoms in total. The van der Waals surface area contributed by atoms with Crippen LogP contribution in [0.15, 0.2) is 43.0 Å². The molecule has 3 aromatic rings. The van der Waals surface area contributed by atoms with Gasteiger partial charge in [-0.3, -0.25) is 9.36 Å². The number of carbonyl (C=O) groups excluding carboxylic acids is 1. The van der Waals surface area contributed by atoms with Gasteiger partial charge >= 0.3 is 0 Å². The van der Waals surface area contributed by atoms with E-state index in [9.17, 15) is 4.79 Å². The van der Waals surface area contributed by atoms with E-state index in [0.717, 1.165) is 0 Å². The standard InChI is InChI=1S/C24H34N6O4Si/c1-24(2,3)35(5,6)34-18-16(12-25)33-23(19(18)32-4)30-14-28-17-20(26-13-27-21(17)30)29-22(31)15-10-8-7-9-11-15/h7-11,13-14,16,18-19,23H,12,25H2,1-6H3,(H,26,27,29,31)/t16-,18?,19+,23-/m1/s1. The molecule has 1 aromatic carbocycles. The number of nitrogens with two attached hydrogens (primary N) is 1. The van der Waals surface area contributed by atoms with Crippen LogP contribution in [0.5, 0.6) is 0 Å². The van der Waals surface area contributed by atoms with Gasteiger partial charge in [-0.2, -0.15) is 0 Å². The lowest BCUT2D eigenvalue weighted by atomic mass is 10.1. The van der Waals surface area contributed by atoms with Gasteiger partial charge in [-0.15, -0.1) is 0 Å². The van der Waals surface area contributed by atoms with E-state index in [-0.39, 0.29) is 29.7 Å². The number of nitrogens with zero attached hydrogens (tertiary/aromatic N) is 4. The van der Waals surface area contributed by atoms with Crippen LogP contribution in [0.4, 0.5) is 5.82 Å². The molecule has 4 rings (SSSR count). The smallest absolute Gasteiger partial charge is 0.256 e. The molecule has 0 spiro atoms. The molecule has 2 aromatic heterocycles. The van der Waals surface area contributed by atoms with Crippen LogP contribution in [0.3, 0.4) is 0 Å². The summed E-state index contributed by atoms with van der Waals surface area (Å²) in [6, 6.07) is 8.93. The van der Waals surface area contributed by atoms with Crippen molar-refractivity contribution in [1.82, 2.24) is 19.5 Å². The molecule has 3 N–H and O–H groups in total. The maximum absolute atomic E-state index is 12.7. The summed E-state index contributed by atoms with van der Waals surface area (Å²) < 4.78 is 20.8. The minimum Gasteiger partial charge on any atom is -0.408 e. The van der Waals surface area contributed by atoms with Crippen molar-refractivity contribution in [3.05, 3.63) is 48.5 Å². The Bertz CT molecular complexity index is 1180. The Balaban J connectivity index is 1.65. The van der Waals surface area contributed by atoms with Gasteiger partial charge in [0.1, 0.15) is 24.6 Å². The van der Waals surface area contributed by atoms with Gasteiger partial charge in [-0.25, -0.2) is 15.0 Å². The van der Waals surface area contributed by atoms with Crippen molar-refractivity contribution in [2.24, 2.45) is 5.73 Å². The van der Waals surface area contributed by atoms with Gasteiger partial charge in [0.2, 0.25) is 0 Å². The first-order valence-corrected chi connectivity index (χ1v) is 14.6. The highest BCUT2D eigenvalue weighted by atomic mass is 28.4. The second-order valence-corrected chi connectivity index (χ2v) is 15.0. The van der Waals surface area contributed by atoms with E-state index in [1.54, 1.807) is 42.3 Å². The Labute approximate surface area is 206 Å². The molecule has 1 aliphatic rings. The number of nitrogens with one attached hydrogen (secondary N) is 1. The third-order valence-corrected chi connectivity index (χ3v) is 11.4. The van der Waals surface area contributed by atoms with Crippen molar-refractivity contribution in [2.45, 2.75) is 63.4 Å². The number of carbonyl (C=O) groups is 1. The number of benzene rings is 1. The molecule has 1 aliphatic heterocycles. The summed E-state index contributed by atoms with van der Waals surface area (Å²) in [5.41, 5.74) is 7.58. The summed E-state index contributed by atoms with van der Waals surface area (Å²) in [6.45, 7) is 11.3. The van der Waals surface area contributed by atoms with Crippen molar-refractivity contribution in [3.63, 3.8) is 0 Å². The highest BCUT2D eigenvalue weighted by Gasteiger charge is 2.51. The number of hydrogen-bond donors (Lipinski definition) is 2. The molecule has 3 heterocycles. The number of methoxy groups -OCH3 is 1. The molecule has 1 amide bonds. The number of anilines is 1. The van der Waals surface area contributed by atoms with E-state index in [1.807, 2.05) is 6.07 Å². The zero-order valence-electron chi connectivity index (χ0n) is 21.1. The van der Waals surface area contributed by atoms with Crippen LogP contribution in [0.1, 0.15) is 37.4 Å². The van der Waals surface area contributed by atoms with Crippen molar-refractivity contribution < 1.29 is 18.7 Å². The highest BCUT2D eigenvalue weighted by molar-refractivity contribution is 6.74. The molecule has 1 fully saturated rings. The molecule has 188 valence electrons. The van der Waals surface area contributed by atoms with Gasteiger partial charge in [0.15, 0.2) is 31.5 Å². The largest absolute Gasteiger partial charge is 0.408 e. The number of amides is 1.